The Bertz CT molecular complexity index is 843. The molecule has 0 N–H and O–H groups in total. The first-order chi connectivity index (χ1) is 10.1. The summed E-state index contributed by atoms with van der Waals surface area (Å²) in [5, 5.41) is 1.45. The SMILES string of the molecule is Cc1cccc(/C=C/C(=O)c2cc3cc(Cl)ccc3o2)c1. The second-order valence-corrected chi connectivity index (χ2v) is 5.34. The van der Waals surface area contributed by atoms with Crippen LogP contribution < -0.4 is 0 Å². The molecule has 0 saturated heterocycles. The molecule has 0 spiro atoms. The molecular formula is C18H13ClO2. The number of carbonyl (C=O) groups excluding carboxylic acids is 1. The van der Waals surface area contributed by atoms with E-state index in [4.69, 9.17) is 16.0 Å². The van der Waals surface area contributed by atoms with Crippen molar-refractivity contribution in [3.05, 3.63) is 76.5 Å². The highest BCUT2D eigenvalue weighted by atomic mass is 35.5. The van der Waals surface area contributed by atoms with Crippen LogP contribution in [0.1, 0.15) is 21.7 Å². The Labute approximate surface area is 127 Å². The summed E-state index contributed by atoms with van der Waals surface area (Å²) >= 11 is 5.92. The zero-order chi connectivity index (χ0) is 14.8. The number of aryl methyl sites for hydroxylation is 1. The fourth-order valence-electron chi connectivity index (χ4n) is 2.16. The molecule has 0 saturated carbocycles. The zero-order valence-electron chi connectivity index (χ0n) is 11.5. The lowest BCUT2D eigenvalue weighted by Gasteiger charge is -1.94. The molecule has 3 heteroatoms. The molecule has 0 aliphatic rings. The van der Waals surface area contributed by atoms with Gasteiger partial charge >= 0.3 is 0 Å². The fraction of sp³-hybridized carbons (Fsp3) is 0.0556. The molecule has 104 valence electrons. The molecule has 1 aromatic heterocycles. The molecule has 21 heavy (non-hydrogen) atoms. The van der Waals surface area contributed by atoms with Gasteiger partial charge in [0.05, 0.1) is 0 Å². The van der Waals surface area contributed by atoms with Gasteiger partial charge in [-0.05, 0) is 42.8 Å². The summed E-state index contributed by atoms with van der Waals surface area (Å²) in [5.74, 6) is 0.153. The van der Waals surface area contributed by atoms with Gasteiger partial charge in [-0.1, -0.05) is 47.5 Å². The Kier molecular flexibility index (Phi) is 3.63. The fourth-order valence-corrected chi connectivity index (χ4v) is 2.34. The van der Waals surface area contributed by atoms with Crippen LogP contribution >= 0.6 is 11.6 Å². The minimum Gasteiger partial charge on any atom is -0.453 e. The van der Waals surface area contributed by atoms with Gasteiger partial charge in [-0.25, -0.2) is 0 Å². The number of furan rings is 1. The molecule has 0 unspecified atom stereocenters. The van der Waals surface area contributed by atoms with E-state index in [0.717, 1.165) is 16.5 Å². The molecule has 0 aliphatic carbocycles. The number of rotatable bonds is 3. The third-order valence-electron chi connectivity index (χ3n) is 3.19. The predicted octanol–water partition coefficient (Wildman–Crippen LogP) is 5.29. The van der Waals surface area contributed by atoms with E-state index >= 15 is 0 Å². The summed E-state index contributed by atoms with van der Waals surface area (Å²) in [6.07, 6.45) is 3.31. The average molecular weight is 297 g/mol. The van der Waals surface area contributed by atoms with Crippen molar-refractivity contribution in [1.82, 2.24) is 0 Å². The van der Waals surface area contributed by atoms with Crippen LogP contribution in [0.4, 0.5) is 0 Å². The first-order valence-electron chi connectivity index (χ1n) is 6.60. The smallest absolute Gasteiger partial charge is 0.221 e. The summed E-state index contributed by atoms with van der Waals surface area (Å²) in [4.78, 5) is 12.1. The van der Waals surface area contributed by atoms with Crippen molar-refractivity contribution >= 4 is 34.4 Å². The second-order valence-electron chi connectivity index (χ2n) is 4.90. The van der Waals surface area contributed by atoms with Gasteiger partial charge in [-0.3, -0.25) is 4.79 Å². The quantitative estimate of drug-likeness (QED) is 0.485. The minimum atomic E-state index is -0.163. The second kappa shape index (κ2) is 5.58. The van der Waals surface area contributed by atoms with Crippen LogP contribution in [0.5, 0.6) is 0 Å². The molecule has 3 aromatic rings. The Morgan fingerprint density at radius 1 is 1.14 bits per heavy atom. The summed E-state index contributed by atoms with van der Waals surface area (Å²) in [6.45, 7) is 2.02. The molecule has 1 heterocycles. The van der Waals surface area contributed by atoms with Crippen LogP contribution in [0.3, 0.4) is 0 Å². The summed E-state index contributed by atoms with van der Waals surface area (Å²) in [7, 11) is 0. The number of hydrogen-bond donors (Lipinski definition) is 0. The Hall–Kier alpha value is -2.32. The molecule has 0 aliphatic heterocycles. The minimum absolute atomic E-state index is 0.163. The highest BCUT2D eigenvalue weighted by molar-refractivity contribution is 6.31. The number of carbonyl (C=O) groups is 1. The van der Waals surface area contributed by atoms with Gasteiger partial charge in [0.25, 0.3) is 0 Å². The maximum absolute atomic E-state index is 12.1. The third-order valence-corrected chi connectivity index (χ3v) is 3.43. The largest absolute Gasteiger partial charge is 0.453 e. The highest BCUT2D eigenvalue weighted by Gasteiger charge is 2.09. The molecule has 3 rings (SSSR count). The van der Waals surface area contributed by atoms with Gasteiger partial charge in [0.1, 0.15) is 5.58 Å². The molecule has 0 radical (unpaired) electrons. The van der Waals surface area contributed by atoms with E-state index in [1.807, 2.05) is 31.2 Å². The first kappa shape index (κ1) is 13.7. The maximum atomic E-state index is 12.1. The summed E-state index contributed by atoms with van der Waals surface area (Å²) in [5.41, 5.74) is 2.80. The average Bonchev–Trinajstić information content (AvgIpc) is 2.88. The van der Waals surface area contributed by atoms with E-state index in [1.54, 1.807) is 30.3 Å². The molecule has 0 bridgehead atoms. The number of hydrogen-bond acceptors (Lipinski definition) is 2. The Morgan fingerprint density at radius 3 is 2.81 bits per heavy atom. The van der Waals surface area contributed by atoms with Gasteiger partial charge in [0.15, 0.2) is 5.76 Å². The van der Waals surface area contributed by atoms with E-state index in [2.05, 4.69) is 0 Å². The third kappa shape index (κ3) is 3.06. The van der Waals surface area contributed by atoms with Crippen LogP contribution in [0.15, 0.2) is 59.0 Å². The van der Waals surface area contributed by atoms with E-state index in [9.17, 15) is 4.79 Å². The maximum Gasteiger partial charge on any atom is 0.221 e. The highest BCUT2D eigenvalue weighted by Crippen LogP contribution is 2.23. The first-order valence-corrected chi connectivity index (χ1v) is 6.98. The van der Waals surface area contributed by atoms with Crippen LogP contribution in [-0.4, -0.2) is 5.78 Å². The molecule has 0 fully saturated rings. The summed E-state index contributed by atoms with van der Waals surface area (Å²) in [6, 6.07) is 14.9. The molecule has 0 amide bonds. The standard InChI is InChI=1S/C18H13ClO2/c1-12-3-2-4-13(9-12)5-7-16(20)18-11-14-10-15(19)6-8-17(14)21-18/h2-11H,1H3/b7-5+. The van der Waals surface area contributed by atoms with Gasteiger partial charge in [-0.15, -0.1) is 0 Å². The van der Waals surface area contributed by atoms with Crippen molar-refractivity contribution in [1.29, 1.82) is 0 Å². The Morgan fingerprint density at radius 2 is 2.00 bits per heavy atom. The van der Waals surface area contributed by atoms with Crippen LogP contribution in [-0.2, 0) is 0 Å². The lowest BCUT2D eigenvalue weighted by Crippen LogP contribution is -1.90. The van der Waals surface area contributed by atoms with Crippen LogP contribution in [0, 0.1) is 6.92 Å². The van der Waals surface area contributed by atoms with E-state index in [0.29, 0.717) is 16.4 Å². The number of benzene rings is 2. The van der Waals surface area contributed by atoms with Gasteiger partial charge in [0, 0.05) is 10.4 Å². The van der Waals surface area contributed by atoms with Crippen molar-refractivity contribution in [2.75, 3.05) is 0 Å². The van der Waals surface area contributed by atoms with Crippen molar-refractivity contribution < 1.29 is 9.21 Å². The van der Waals surface area contributed by atoms with Crippen LogP contribution in [0.2, 0.25) is 5.02 Å². The summed E-state index contributed by atoms with van der Waals surface area (Å²) < 4.78 is 5.54. The number of fused-ring (bicyclic) bond motifs is 1. The Balaban J connectivity index is 1.86. The number of halogens is 1. The van der Waals surface area contributed by atoms with Crippen molar-refractivity contribution in [3.63, 3.8) is 0 Å². The molecular weight excluding hydrogens is 284 g/mol. The zero-order valence-corrected chi connectivity index (χ0v) is 12.2. The van der Waals surface area contributed by atoms with E-state index in [1.165, 1.54) is 6.08 Å². The monoisotopic (exact) mass is 296 g/mol. The van der Waals surface area contributed by atoms with E-state index in [-0.39, 0.29) is 5.78 Å². The predicted molar refractivity (Wildman–Crippen MR) is 85.8 cm³/mol. The number of allylic oxidation sites excluding steroid dienone is 1. The van der Waals surface area contributed by atoms with Crippen molar-refractivity contribution in [2.24, 2.45) is 0 Å². The topological polar surface area (TPSA) is 30.2 Å². The number of ketones is 1. The van der Waals surface area contributed by atoms with Gasteiger partial charge < -0.3 is 4.42 Å². The molecule has 0 atom stereocenters. The molecule has 2 nitrogen and oxygen atoms in total. The van der Waals surface area contributed by atoms with E-state index < -0.39 is 0 Å². The van der Waals surface area contributed by atoms with Gasteiger partial charge in [-0.2, -0.15) is 0 Å². The van der Waals surface area contributed by atoms with Crippen molar-refractivity contribution in [3.8, 4) is 0 Å². The van der Waals surface area contributed by atoms with Gasteiger partial charge in [0.2, 0.25) is 5.78 Å². The normalized spacial score (nSPS) is 11.3. The molecule has 2 aromatic carbocycles. The van der Waals surface area contributed by atoms with Crippen molar-refractivity contribution in [2.45, 2.75) is 6.92 Å². The van der Waals surface area contributed by atoms with Crippen LogP contribution in [0.25, 0.3) is 17.0 Å². The lowest BCUT2D eigenvalue weighted by atomic mass is 10.1. The lowest BCUT2D eigenvalue weighted by molar-refractivity contribution is 0.102.